The Kier molecular flexibility index (Phi) is 3.30. The quantitative estimate of drug-likeness (QED) is 0.521. The molecule has 4 aromatic rings. The van der Waals surface area contributed by atoms with Crippen molar-refractivity contribution in [3.63, 3.8) is 0 Å². The molecule has 1 aliphatic heterocycles. The molecule has 122 valence electrons. The maximum Gasteiger partial charge on any atom is 0.151 e. The first kappa shape index (κ1) is 14.3. The van der Waals surface area contributed by atoms with E-state index in [9.17, 15) is 0 Å². The summed E-state index contributed by atoms with van der Waals surface area (Å²) in [5.74, 6) is 0. The monoisotopic (exact) mass is 326 g/mol. The highest BCUT2D eigenvalue weighted by molar-refractivity contribution is 6.08. The number of benzene rings is 3. The van der Waals surface area contributed by atoms with Crippen molar-refractivity contribution in [2.45, 2.75) is 19.1 Å². The van der Waals surface area contributed by atoms with Crippen molar-refractivity contribution in [3.8, 4) is 0 Å². The minimum atomic E-state index is 0.0643. The number of oxime groups is 1. The molecule has 0 bridgehead atoms. The van der Waals surface area contributed by atoms with Gasteiger partial charge in [0.1, 0.15) is 0 Å². The molecular formula is C22H18N2O. The number of hydrogen-bond donors (Lipinski definition) is 0. The Morgan fingerprint density at radius 3 is 2.08 bits per heavy atom. The van der Waals surface area contributed by atoms with Crippen LogP contribution in [0.1, 0.15) is 12.0 Å². The smallest absolute Gasteiger partial charge is 0.151 e. The number of nitrogens with zero attached hydrogens (tertiary/aromatic N) is 2. The Hall–Kier alpha value is -3.07. The normalized spacial score (nSPS) is 17.0. The fourth-order valence-corrected chi connectivity index (χ4v) is 3.73. The molecule has 0 N–H and O–H groups in total. The summed E-state index contributed by atoms with van der Waals surface area (Å²) in [6.07, 6.45) is 0.902. The van der Waals surface area contributed by atoms with E-state index in [2.05, 4.69) is 70.4 Å². The maximum atomic E-state index is 5.76. The summed E-state index contributed by atoms with van der Waals surface area (Å²) in [4.78, 5) is 5.76. The molecule has 3 heteroatoms. The lowest BCUT2D eigenvalue weighted by atomic mass is 10.1. The van der Waals surface area contributed by atoms with Crippen LogP contribution in [-0.4, -0.2) is 16.4 Å². The van der Waals surface area contributed by atoms with Gasteiger partial charge in [-0.15, -0.1) is 0 Å². The summed E-state index contributed by atoms with van der Waals surface area (Å²) in [5.41, 5.74) is 4.68. The second kappa shape index (κ2) is 5.78. The minimum Gasteiger partial charge on any atom is -0.390 e. The molecule has 0 amide bonds. The predicted octanol–water partition coefficient (Wildman–Crippen LogP) is 4.99. The molecule has 0 aliphatic carbocycles. The molecule has 3 aromatic carbocycles. The number of fused-ring (bicyclic) bond motifs is 3. The highest BCUT2D eigenvalue weighted by Gasteiger charge is 2.24. The zero-order chi connectivity index (χ0) is 16.6. The van der Waals surface area contributed by atoms with Crippen LogP contribution in [0.4, 0.5) is 0 Å². The predicted molar refractivity (Wildman–Crippen MR) is 102 cm³/mol. The summed E-state index contributed by atoms with van der Waals surface area (Å²) < 4.78 is 2.36. The molecule has 0 spiro atoms. The average molecular weight is 326 g/mol. The van der Waals surface area contributed by atoms with E-state index in [1.807, 2.05) is 18.2 Å². The molecule has 5 rings (SSSR count). The van der Waals surface area contributed by atoms with E-state index < -0.39 is 0 Å². The van der Waals surface area contributed by atoms with Gasteiger partial charge < -0.3 is 9.40 Å². The van der Waals surface area contributed by atoms with Gasteiger partial charge in [0.25, 0.3) is 0 Å². The lowest BCUT2D eigenvalue weighted by Crippen LogP contribution is -2.16. The van der Waals surface area contributed by atoms with Gasteiger partial charge in [-0.25, -0.2) is 0 Å². The Balaban J connectivity index is 1.49. The fourth-order valence-electron chi connectivity index (χ4n) is 3.73. The van der Waals surface area contributed by atoms with Crippen molar-refractivity contribution in [2.24, 2.45) is 5.16 Å². The molecule has 0 saturated carbocycles. The molecular weight excluding hydrogens is 308 g/mol. The van der Waals surface area contributed by atoms with Crippen molar-refractivity contribution in [2.75, 3.05) is 0 Å². The van der Waals surface area contributed by atoms with E-state index in [0.717, 1.165) is 24.2 Å². The number of hydrogen-bond acceptors (Lipinski definition) is 2. The van der Waals surface area contributed by atoms with Gasteiger partial charge in [-0.05, 0) is 17.7 Å². The van der Waals surface area contributed by atoms with E-state index in [-0.39, 0.29) is 6.10 Å². The molecule has 2 heterocycles. The largest absolute Gasteiger partial charge is 0.390 e. The van der Waals surface area contributed by atoms with Crippen LogP contribution in [0.5, 0.6) is 0 Å². The average Bonchev–Trinajstić information content (AvgIpc) is 3.27. The van der Waals surface area contributed by atoms with Gasteiger partial charge in [-0.2, -0.15) is 0 Å². The van der Waals surface area contributed by atoms with E-state index in [1.165, 1.54) is 21.8 Å². The van der Waals surface area contributed by atoms with Crippen molar-refractivity contribution < 1.29 is 4.84 Å². The first-order valence-corrected chi connectivity index (χ1v) is 8.64. The molecule has 1 unspecified atom stereocenters. The SMILES string of the molecule is c1ccc(C2=NOC(Cn3c4ccccc4c4ccccc43)C2)cc1. The zero-order valence-corrected chi connectivity index (χ0v) is 13.8. The van der Waals surface area contributed by atoms with E-state index >= 15 is 0 Å². The van der Waals surface area contributed by atoms with Crippen LogP contribution in [0.15, 0.2) is 84.0 Å². The van der Waals surface area contributed by atoms with Crippen LogP contribution in [0.2, 0.25) is 0 Å². The van der Waals surface area contributed by atoms with Crippen LogP contribution in [0.3, 0.4) is 0 Å². The molecule has 1 atom stereocenters. The third-order valence-corrected chi connectivity index (χ3v) is 4.91. The molecule has 0 saturated heterocycles. The van der Waals surface area contributed by atoms with Crippen molar-refractivity contribution in [1.29, 1.82) is 0 Å². The van der Waals surface area contributed by atoms with Crippen LogP contribution < -0.4 is 0 Å². The Bertz CT molecular complexity index is 1030. The third-order valence-electron chi connectivity index (χ3n) is 4.91. The zero-order valence-electron chi connectivity index (χ0n) is 13.8. The van der Waals surface area contributed by atoms with E-state index in [1.54, 1.807) is 0 Å². The minimum absolute atomic E-state index is 0.0643. The molecule has 0 radical (unpaired) electrons. The van der Waals surface area contributed by atoms with Crippen LogP contribution in [0.25, 0.3) is 21.8 Å². The van der Waals surface area contributed by atoms with Crippen LogP contribution in [-0.2, 0) is 11.4 Å². The van der Waals surface area contributed by atoms with Gasteiger partial charge in [0.15, 0.2) is 6.10 Å². The lowest BCUT2D eigenvalue weighted by molar-refractivity contribution is 0.0742. The standard InChI is InChI=1S/C22H18N2O/c1-2-8-16(9-3-1)20-14-17(25-23-20)15-24-21-12-6-4-10-18(21)19-11-5-7-13-22(19)24/h1-13,17H,14-15H2. The van der Waals surface area contributed by atoms with Crippen molar-refractivity contribution in [1.82, 2.24) is 4.57 Å². The summed E-state index contributed by atoms with van der Waals surface area (Å²) in [5, 5.41) is 6.92. The highest BCUT2D eigenvalue weighted by atomic mass is 16.6. The van der Waals surface area contributed by atoms with Gasteiger partial charge in [-0.3, -0.25) is 0 Å². The maximum absolute atomic E-state index is 5.76. The third kappa shape index (κ3) is 2.40. The summed E-state index contributed by atoms with van der Waals surface area (Å²) in [7, 11) is 0. The van der Waals surface area contributed by atoms with Crippen LogP contribution in [0, 0.1) is 0 Å². The molecule has 25 heavy (non-hydrogen) atoms. The topological polar surface area (TPSA) is 26.5 Å². The second-order valence-corrected chi connectivity index (χ2v) is 6.48. The number of rotatable bonds is 3. The summed E-state index contributed by atoms with van der Waals surface area (Å²) in [6.45, 7) is 0.799. The number of para-hydroxylation sites is 2. The Morgan fingerprint density at radius 1 is 0.800 bits per heavy atom. The Labute approximate surface area is 146 Å². The van der Waals surface area contributed by atoms with E-state index in [4.69, 9.17) is 4.84 Å². The summed E-state index contributed by atoms with van der Waals surface area (Å²) >= 11 is 0. The van der Waals surface area contributed by atoms with Gasteiger partial charge in [0.05, 0.1) is 12.3 Å². The Morgan fingerprint density at radius 2 is 1.40 bits per heavy atom. The molecule has 1 aliphatic rings. The van der Waals surface area contributed by atoms with Gasteiger partial charge >= 0.3 is 0 Å². The summed E-state index contributed by atoms with van der Waals surface area (Å²) in [6, 6.07) is 27.4. The van der Waals surface area contributed by atoms with Crippen LogP contribution >= 0.6 is 0 Å². The van der Waals surface area contributed by atoms with Gasteiger partial charge in [0, 0.05) is 28.2 Å². The molecule has 0 fully saturated rings. The lowest BCUT2D eigenvalue weighted by Gasteiger charge is -2.12. The first-order valence-electron chi connectivity index (χ1n) is 8.64. The first-order chi connectivity index (χ1) is 12.4. The van der Waals surface area contributed by atoms with Crippen molar-refractivity contribution in [3.05, 3.63) is 84.4 Å². The van der Waals surface area contributed by atoms with Crippen molar-refractivity contribution >= 4 is 27.5 Å². The molecule has 3 nitrogen and oxygen atoms in total. The highest BCUT2D eigenvalue weighted by Crippen LogP contribution is 2.30. The van der Waals surface area contributed by atoms with Gasteiger partial charge in [-0.1, -0.05) is 71.9 Å². The van der Waals surface area contributed by atoms with E-state index in [0.29, 0.717) is 0 Å². The second-order valence-electron chi connectivity index (χ2n) is 6.48. The molecule has 1 aromatic heterocycles. The number of aromatic nitrogens is 1. The fraction of sp³-hybridized carbons (Fsp3) is 0.136. The van der Waals surface area contributed by atoms with Gasteiger partial charge in [0.2, 0.25) is 0 Å².